The molecule has 1 aromatic carbocycles. The van der Waals surface area contributed by atoms with Crippen molar-refractivity contribution in [3.63, 3.8) is 0 Å². The molecule has 0 radical (unpaired) electrons. The Hall–Kier alpha value is -0.440. The summed E-state index contributed by atoms with van der Waals surface area (Å²) in [5, 5.41) is 4.68. The number of anilines is 1. The lowest BCUT2D eigenvalue weighted by atomic mass is 9.64. The molecule has 1 N–H and O–H groups in total. The number of halogens is 2. The zero-order valence-electron chi connectivity index (χ0n) is 12.5. The van der Waals surface area contributed by atoms with E-state index >= 15 is 0 Å². The van der Waals surface area contributed by atoms with Gasteiger partial charge in [0.25, 0.3) is 0 Å². The summed E-state index contributed by atoms with van der Waals surface area (Å²) in [6.45, 7) is 9.63. The molecule has 2 rings (SSSR count). The lowest BCUT2D eigenvalue weighted by Gasteiger charge is -2.52. The molecule has 1 aliphatic rings. The zero-order valence-corrected chi connectivity index (χ0v) is 14.1. The van der Waals surface area contributed by atoms with E-state index < -0.39 is 0 Å². The first kappa shape index (κ1) is 15.9. The van der Waals surface area contributed by atoms with E-state index in [1.165, 1.54) is 0 Å². The molecule has 0 aromatic heterocycles. The molecule has 0 spiro atoms. The Morgan fingerprint density at radius 3 is 2.65 bits per heavy atom. The molecule has 2 nitrogen and oxygen atoms in total. The number of rotatable bonds is 5. The number of hydrogen-bond acceptors (Lipinski definition) is 2. The number of nitrogens with one attached hydrogen (secondary N) is 1. The van der Waals surface area contributed by atoms with E-state index in [0.717, 1.165) is 18.7 Å². The van der Waals surface area contributed by atoms with E-state index in [-0.39, 0.29) is 5.41 Å². The number of ether oxygens (including phenoxy) is 1. The third-order valence-corrected chi connectivity index (χ3v) is 4.91. The van der Waals surface area contributed by atoms with Gasteiger partial charge in [0.1, 0.15) is 0 Å². The average molecular weight is 316 g/mol. The fourth-order valence-electron chi connectivity index (χ4n) is 2.52. The van der Waals surface area contributed by atoms with Crippen LogP contribution in [0.3, 0.4) is 0 Å². The maximum absolute atomic E-state index is 6.22. The maximum atomic E-state index is 6.22. The van der Waals surface area contributed by atoms with E-state index in [9.17, 15) is 0 Å². The molecule has 1 fully saturated rings. The number of benzene rings is 1. The fourth-order valence-corrected chi connectivity index (χ4v) is 2.88. The summed E-state index contributed by atoms with van der Waals surface area (Å²) < 4.78 is 5.98. The van der Waals surface area contributed by atoms with Crippen LogP contribution in [-0.2, 0) is 4.74 Å². The van der Waals surface area contributed by atoms with Gasteiger partial charge in [-0.05, 0) is 24.5 Å². The molecule has 20 heavy (non-hydrogen) atoms. The Morgan fingerprint density at radius 2 is 2.05 bits per heavy atom. The van der Waals surface area contributed by atoms with Crippen molar-refractivity contribution in [2.24, 2.45) is 11.3 Å². The highest BCUT2D eigenvalue weighted by molar-refractivity contribution is 6.43. The van der Waals surface area contributed by atoms with E-state index in [2.05, 4.69) is 33.0 Å². The van der Waals surface area contributed by atoms with Gasteiger partial charge in [0.15, 0.2) is 0 Å². The van der Waals surface area contributed by atoms with Gasteiger partial charge < -0.3 is 10.1 Å². The summed E-state index contributed by atoms with van der Waals surface area (Å²) >= 11 is 12.3. The van der Waals surface area contributed by atoms with E-state index in [0.29, 0.717) is 28.1 Å². The van der Waals surface area contributed by atoms with Gasteiger partial charge in [-0.1, -0.05) is 57.0 Å². The lowest BCUT2D eigenvalue weighted by molar-refractivity contribution is -0.108. The highest BCUT2D eigenvalue weighted by Gasteiger charge is 2.49. The molecule has 0 heterocycles. The quantitative estimate of drug-likeness (QED) is 0.801. The van der Waals surface area contributed by atoms with Crippen LogP contribution in [-0.4, -0.2) is 18.8 Å². The van der Waals surface area contributed by atoms with Gasteiger partial charge in [-0.3, -0.25) is 0 Å². The van der Waals surface area contributed by atoms with Gasteiger partial charge in [0.05, 0.1) is 21.8 Å². The molecule has 1 saturated carbocycles. The third-order valence-electron chi connectivity index (χ3n) is 4.09. The highest BCUT2D eigenvalue weighted by Crippen LogP contribution is 2.45. The smallest absolute Gasteiger partial charge is 0.0823 e. The molecule has 2 atom stereocenters. The van der Waals surface area contributed by atoms with Gasteiger partial charge in [0, 0.05) is 18.1 Å². The van der Waals surface area contributed by atoms with Crippen LogP contribution in [0.1, 0.15) is 34.1 Å². The molecule has 0 bridgehead atoms. The van der Waals surface area contributed by atoms with Crippen molar-refractivity contribution in [3.05, 3.63) is 28.2 Å². The van der Waals surface area contributed by atoms with Gasteiger partial charge in [-0.25, -0.2) is 0 Å². The van der Waals surface area contributed by atoms with Crippen molar-refractivity contribution >= 4 is 28.9 Å². The third kappa shape index (κ3) is 3.24. The molecule has 4 heteroatoms. The van der Waals surface area contributed by atoms with Crippen LogP contribution < -0.4 is 5.32 Å². The van der Waals surface area contributed by atoms with Gasteiger partial charge in [-0.15, -0.1) is 0 Å². The minimum Gasteiger partial charge on any atom is -0.380 e. The Bertz CT molecular complexity index is 474. The molecule has 1 aliphatic carbocycles. The van der Waals surface area contributed by atoms with Gasteiger partial charge >= 0.3 is 0 Å². The SMILES string of the molecule is CC(C)COC1CC(Nc2cccc(Cl)c2Cl)C1(C)C. The van der Waals surface area contributed by atoms with Crippen molar-refractivity contribution in [1.82, 2.24) is 0 Å². The van der Waals surface area contributed by atoms with Crippen LogP contribution in [0.2, 0.25) is 10.0 Å². The van der Waals surface area contributed by atoms with Crippen molar-refractivity contribution in [1.29, 1.82) is 0 Å². The topological polar surface area (TPSA) is 21.3 Å². The summed E-state index contributed by atoms with van der Waals surface area (Å²) in [5.74, 6) is 0.570. The maximum Gasteiger partial charge on any atom is 0.0823 e. The predicted octanol–water partition coefficient (Wildman–Crippen LogP) is 5.25. The van der Waals surface area contributed by atoms with Crippen LogP contribution in [0.5, 0.6) is 0 Å². The van der Waals surface area contributed by atoms with Crippen molar-refractivity contribution in [2.75, 3.05) is 11.9 Å². The van der Waals surface area contributed by atoms with Crippen molar-refractivity contribution in [2.45, 2.75) is 46.3 Å². The Morgan fingerprint density at radius 1 is 1.35 bits per heavy atom. The molecule has 0 saturated heterocycles. The van der Waals surface area contributed by atoms with Crippen LogP contribution >= 0.6 is 23.2 Å². The molecular weight excluding hydrogens is 293 g/mol. The first-order valence-corrected chi connectivity index (χ1v) is 7.90. The molecule has 112 valence electrons. The van der Waals surface area contributed by atoms with Crippen LogP contribution in [0.15, 0.2) is 18.2 Å². The second-order valence-corrected chi connectivity index (χ2v) is 7.36. The fraction of sp³-hybridized carbons (Fsp3) is 0.625. The largest absolute Gasteiger partial charge is 0.380 e. The minimum atomic E-state index is 0.0978. The van der Waals surface area contributed by atoms with E-state index in [1.807, 2.05) is 12.1 Å². The Balaban J connectivity index is 1.97. The number of hydrogen-bond donors (Lipinski definition) is 1. The highest BCUT2D eigenvalue weighted by atomic mass is 35.5. The predicted molar refractivity (Wildman–Crippen MR) is 86.8 cm³/mol. The molecule has 2 unspecified atom stereocenters. The summed E-state index contributed by atoms with van der Waals surface area (Å²) in [6, 6.07) is 6.03. The standard InChI is InChI=1S/C16H23Cl2NO/c1-10(2)9-20-14-8-13(16(14,3)4)19-12-7-5-6-11(17)15(12)18/h5-7,10,13-14,19H,8-9H2,1-4H3. The lowest BCUT2D eigenvalue weighted by Crippen LogP contribution is -2.58. The van der Waals surface area contributed by atoms with Crippen LogP contribution in [0.25, 0.3) is 0 Å². The molecule has 0 aliphatic heterocycles. The zero-order chi connectivity index (χ0) is 14.9. The molecular formula is C16H23Cl2NO. The second-order valence-electron chi connectivity index (χ2n) is 6.57. The minimum absolute atomic E-state index is 0.0978. The first-order valence-electron chi connectivity index (χ1n) is 7.14. The van der Waals surface area contributed by atoms with Crippen molar-refractivity contribution in [3.8, 4) is 0 Å². The Labute approximate surface area is 131 Å². The van der Waals surface area contributed by atoms with E-state index in [4.69, 9.17) is 27.9 Å². The van der Waals surface area contributed by atoms with Gasteiger partial charge in [0.2, 0.25) is 0 Å². The average Bonchev–Trinajstić information content (AvgIpc) is 2.37. The normalized spacial score (nSPS) is 24.6. The summed E-state index contributed by atoms with van der Waals surface area (Å²) in [7, 11) is 0. The van der Waals surface area contributed by atoms with Crippen molar-refractivity contribution < 1.29 is 4.74 Å². The van der Waals surface area contributed by atoms with Gasteiger partial charge in [-0.2, -0.15) is 0 Å². The summed E-state index contributed by atoms with van der Waals surface area (Å²) in [4.78, 5) is 0. The summed E-state index contributed by atoms with van der Waals surface area (Å²) in [6.07, 6.45) is 1.31. The van der Waals surface area contributed by atoms with E-state index in [1.54, 1.807) is 6.07 Å². The second kappa shape index (κ2) is 6.13. The van der Waals surface area contributed by atoms with Crippen LogP contribution in [0.4, 0.5) is 5.69 Å². The van der Waals surface area contributed by atoms with Crippen LogP contribution in [0, 0.1) is 11.3 Å². The Kier molecular flexibility index (Phi) is 4.88. The monoisotopic (exact) mass is 315 g/mol. The summed E-state index contributed by atoms with van der Waals surface area (Å²) in [5.41, 5.74) is 1.00. The molecule has 1 aromatic rings. The first-order chi connectivity index (χ1) is 9.32. The molecule has 0 amide bonds.